The van der Waals surface area contributed by atoms with Gasteiger partial charge in [-0.2, -0.15) is 0 Å². The topological polar surface area (TPSA) is 58.2 Å². The first-order valence-corrected chi connectivity index (χ1v) is 7.55. The Bertz CT molecular complexity index is 499. The maximum absolute atomic E-state index is 13.4. The van der Waals surface area contributed by atoms with Crippen molar-refractivity contribution in [3.05, 3.63) is 30.1 Å². The minimum absolute atomic E-state index is 0.288. The van der Waals surface area contributed by atoms with Crippen LogP contribution in [-0.2, 0) is 10.0 Å². The van der Waals surface area contributed by atoms with Crippen molar-refractivity contribution in [2.24, 2.45) is 0 Å². The zero-order valence-corrected chi connectivity index (χ0v) is 10.8. The van der Waals surface area contributed by atoms with E-state index in [1.54, 1.807) is 0 Å². The first kappa shape index (κ1) is 13.5. The minimum atomic E-state index is -3.74. The summed E-state index contributed by atoms with van der Waals surface area (Å²) < 4.78 is 39.5. The molecule has 0 spiro atoms. The lowest BCUT2D eigenvalue weighted by molar-refractivity contribution is 0.532. The molecular formula is C12H17FN2O2S. The van der Waals surface area contributed by atoms with Gasteiger partial charge in [-0.25, -0.2) is 17.5 Å². The van der Waals surface area contributed by atoms with E-state index in [1.807, 2.05) is 0 Å². The predicted octanol–water partition coefficient (Wildman–Crippen LogP) is 1.25. The molecule has 100 valence electrons. The maximum Gasteiger partial charge on any atom is 0.243 e. The molecule has 1 fully saturated rings. The Morgan fingerprint density at radius 3 is 2.83 bits per heavy atom. The van der Waals surface area contributed by atoms with Crippen LogP contribution >= 0.6 is 0 Å². The second kappa shape index (κ2) is 5.77. The summed E-state index contributed by atoms with van der Waals surface area (Å²) in [4.78, 5) is -0.288. The van der Waals surface area contributed by atoms with Crippen molar-refractivity contribution in [1.29, 1.82) is 0 Å². The summed E-state index contributed by atoms with van der Waals surface area (Å²) in [5.74, 6) is -0.719. The van der Waals surface area contributed by atoms with Gasteiger partial charge in [0.05, 0.1) is 0 Å². The van der Waals surface area contributed by atoms with Gasteiger partial charge in [-0.3, -0.25) is 0 Å². The fourth-order valence-electron chi connectivity index (χ4n) is 2.11. The molecule has 0 radical (unpaired) electrons. The van der Waals surface area contributed by atoms with Gasteiger partial charge in [0.25, 0.3) is 0 Å². The van der Waals surface area contributed by atoms with E-state index < -0.39 is 15.8 Å². The molecule has 0 bridgehead atoms. The number of hydrogen-bond donors (Lipinski definition) is 2. The summed E-state index contributed by atoms with van der Waals surface area (Å²) in [5, 5.41) is 3.29. The molecule has 1 aliphatic heterocycles. The third-order valence-corrected chi connectivity index (χ3v) is 4.57. The molecule has 0 saturated carbocycles. The quantitative estimate of drug-likeness (QED) is 0.848. The van der Waals surface area contributed by atoms with E-state index in [4.69, 9.17) is 0 Å². The van der Waals surface area contributed by atoms with Crippen LogP contribution in [0.15, 0.2) is 29.2 Å². The van der Waals surface area contributed by atoms with Crippen molar-refractivity contribution in [3.8, 4) is 0 Å². The largest absolute Gasteiger partial charge is 0.314 e. The fraction of sp³-hybridized carbons (Fsp3) is 0.500. The highest BCUT2D eigenvalue weighted by atomic mass is 32.2. The standard InChI is InChI=1S/C12H17FN2O2S/c13-11-5-1-2-6-12(11)18(16,17)15-9-7-10-4-3-8-14-10/h1-2,5-6,10,14-15H,3-4,7-9H2/t10-/m1/s1. The van der Waals surface area contributed by atoms with E-state index >= 15 is 0 Å². The first-order valence-electron chi connectivity index (χ1n) is 6.07. The van der Waals surface area contributed by atoms with E-state index in [9.17, 15) is 12.8 Å². The summed E-state index contributed by atoms with van der Waals surface area (Å²) >= 11 is 0. The molecule has 6 heteroatoms. The van der Waals surface area contributed by atoms with Crippen LogP contribution < -0.4 is 10.0 Å². The lowest BCUT2D eigenvalue weighted by Crippen LogP contribution is -2.31. The monoisotopic (exact) mass is 272 g/mol. The first-order chi connectivity index (χ1) is 8.59. The van der Waals surface area contributed by atoms with Crippen LogP contribution in [0.4, 0.5) is 4.39 Å². The summed E-state index contributed by atoms with van der Waals surface area (Å²) in [6.45, 7) is 1.32. The van der Waals surface area contributed by atoms with Crippen LogP contribution in [0.3, 0.4) is 0 Å². The van der Waals surface area contributed by atoms with Crippen molar-refractivity contribution in [3.63, 3.8) is 0 Å². The number of benzene rings is 1. The van der Waals surface area contributed by atoms with Gasteiger partial charge in [-0.1, -0.05) is 12.1 Å². The van der Waals surface area contributed by atoms with Crippen molar-refractivity contribution < 1.29 is 12.8 Å². The normalized spacial score (nSPS) is 20.2. The van der Waals surface area contributed by atoms with Crippen molar-refractivity contribution in [1.82, 2.24) is 10.0 Å². The Kier molecular flexibility index (Phi) is 4.31. The van der Waals surface area contributed by atoms with Gasteiger partial charge in [0, 0.05) is 12.6 Å². The molecule has 1 atom stereocenters. The Morgan fingerprint density at radius 1 is 1.39 bits per heavy atom. The molecule has 4 nitrogen and oxygen atoms in total. The van der Waals surface area contributed by atoms with E-state index in [-0.39, 0.29) is 4.90 Å². The Labute approximate surface area is 107 Å². The molecule has 1 heterocycles. The van der Waals surface area contributed by atoms with Crippen LogP contribution in [0.25, 0.3) is 0 Å². The number of halogens is 1. The molecular weight excluding hydrogens is 255 g/mol. The van der Waals surface area contributed by atoms with Gasteiger partial charge in [-0.15, -0.1) is 0 Å². The van der Waals surface area contributed by atoms with E-state index in [0.717, 1.165) is 31.9 Å². The minimum Gasteiger partial charge on any atom is -0.314 e. The molecule has 1 aliphatic rings. The fourth-order valence-corrected chi connectivity index (χ4v) is 3.24. The number of hydrogen-bond acceptors (Lipinski definition) is 3. The number of rotatable bonds is 5. The Balaban J connectivity index is 1.93. The van der Waals surface area contributed by atoms with Gasteiger partial charge < -0.3 is 5.32 Å². The van der Waals surface area contributed by atoms with E-state index in [1.165, 1.54) is 18.2 Å². The predicted molar refractivity (Wildman–Crippen MR) is 67.2 cm³/mol. The zero-order chi connectivity index (χ0) is 13.0. The van der Waals surface area contributed by atoms with Crippen molar-refractivity contribution in [2.45, 2.75) is 30.2 Å². The summed E-state index contributed by atoms with van der Waals surface area (Å²) in [6, 6.07) is 5.76. The summed E-state index contributed by atoms with van der Waals surface area (Å²) in [7, 11) is -3.74. The SMILES string of the molecule is O=S(=O)(NCC[C@H]1CCCN1)c1ccccc1F. The number of sulfonamides is 1. The third-order valence-electron chi connectivity index (χ3n) is 3.07. The van der Waals surface area contributed by atoms with Crippen LogP contribution in [-0.4, -0.2) is 27.5 Å². The van der Waals surface area contributed by atoms with E-state index in [0.29, 0.717) is 12.6 Å². The van der Waals surface area contributed by atoms with Crippen molar-refractivity contribution in [2.75, 3.05) is 13.1 Å². The molecule has 0 unspecified atom stereocenters. The zero-order valence-electron chi connectivity index (χ0n) is 10.0. The Hall–Kier alpha value is -0.980. The summed E-state index contributed by atoms with van der Waals surface area (Å²) in [5.41, 5.74) is 0. The lowest BCUT2D eigenvalue weighted by Gasteiger charge is -2.11. The highest BCUT2D eigenvalue weighted by Crippen LogP contribution is 2.13. The highest BCUT2D eigenvalue weighted by Gasteiger charge is 2.19. The van der Waals surface area contributed by atoms with Crippen LogP contribution in [0.1, 0.15) is 19.3 Å². The molecule has 1 saturated heterocycles. The smallest absolute Gasteiger partial charge is 0.243 e. The average molecular weight is 272 g/mol. The molecule has 1 aromatic carbocycles. The van der Waals surface area contributed by atoms with Crippen molar-refractivity contribution >= 4 is 10.0 Å². The molecule has 1 aromatic rings. The molecule has 0 aliphatic carbocycles. The van der Waals surface area contributed by atoms with Crippen LogP contribution in [0.5, 0.6) is 0 Å². The average Bonchev–Trinajstić information content (AvgIpc) is 2.82. The molecule has 0 aromatic heterocycles. The second-order valence-corrected chi connectivity index (χ2v) is 6.15. The maximum atomic E-state index is 13.4. The third kappa shape index (κ3) is 3.28. The molecule has 2 rings (SSSR count). The molecule has 18 heavy (non-hydrogen) atoms. The lowest BCUT2D eigenvalue weighted by atomic mass is 10.2. The molecule has 2 N–H and O–H groups in total. The van der Waals surface area contributed by atoms with Crippen LogP contribution in [0.2, 0.25) is 0 Å². The van der Waals surface area contributed by atoms with E-state index in [2.05, 4.69) is 10.0 Å². The highest BCUT2D eigenvalue weighted by molar-refractivity contribution is 7.89. The second-order valence-electron chi connectivity index (χ2n) is 4.41. The van der Waals surface area contributed by atoms with Gasteiger partial charge in [-0.05, 0) is 37.9 Å². The van der Waals surface area contributed by atoms with Gasteiger partial charge in [0.1, 0.15) is 10.7 Å². The Morgan fingerprint density at radius 2 is 2.17 bits per heavy atom. The number of nitrogens with one attached hydrogen (secondary N) is 2. The van der Waals surface area contributed by atoms with Gasteiger partial charge in [0.15, 0.2) is 0 Å². The molecule has 0 amide bonds. The van der Waals surface area contributed by atoms with Crippen LogP contribution in [0, 0.1) is 5.82 Å². The summed E-state index contributed by atoms with van der Waals surface area (Å²) in [6.07, 6.45) is 2.93. The van der Waals surface area contributed by atoms with Gasteiger partial charge >= 0.3 is 0 Å². The van der Waals surface area contributed by atoms with Gasteiger partial charge in [0.2, 0.25) is 10.0 Å².